The number of nitrogens with zero attached hydrogens (tertiary/aromatic N) is 4. The Hall–Kier alpha value is -3.94. The van der Waals surface area contributed by atoms with Crippen molar-refractivity contribution < 1.29 is 9.47 Å². The van der Waals surface area contributed by atoms with Crippen LogP contribution in [0.1, 0.15) is 43.6 Å². The Balaban J connectivity index is 1.85. The summed E-state index contributed by atoms with van der Waals surface area (Å²) >= 11 is 6.74. The molecule has 0 amide bonds. The van der Waals surface area contributed by atoms with Gasteiger partial charge in [0, 0.05) is 48.2 Å². The van der Waals surface area contributed by atoms with E-state index in [-0.39, 0.29) is 5.41 Å². The van der Waals surface area contributed by atoms with Gasteiger partial charge in [-0.1, -0.05) is 32.4 Å². The fraction of sp³-hybridized carbons (Fsp3) is 0.370. The number of aryl methyl sites for hydroxylation is 1. The summed E-state index contributed by atoms with van der Waals surface area (Å²) in [6.45, 7) is 8.99. The van der Waals surface area contributed by atoms with Crippen LogP contribution in [0.2, 0.25) is 5.02 Å². The zero-order valence-corrected chi connectivity index (χ0v) is 23.4. The van der Waals surface area contributed by atoms with Crippen LogP contribution in [0.3, 0.4) is 0 Å². The second-order valence-corrected chi connectivity index (χ2v) is 10.7. The number of rotatable bonds is 8. The number of pyridine rings is 2. The third kappa shape index (κ3) is 5.49. The minimum Gasteiger partial charge on any atom is -0.481 e. The molecule has 3 heterocycles. The van der Waals surface area contributed by atoms with Crippen molar-refractivity contribution in [2.24, 2.45) is 5.41 Å². The monoisotopic (exact) mass is 536 g/mol. The van der Waals surface area contributed by atoms with Gasteiger partial charge in [-0.2, -0.15) is 5.26 Å². The van der Waals surface area contributed by atoms with E-state index in [1.54, 1.807) is 25.4 Å². The number of aromatic nitrogens is 2. The van der Waals surface area contributed by atoms with Crippen LogP contribution in [-0.2, 0) is 4.74 Å². The lowest BCUT2D eigenvalue weighted by Crippen LogP contribution is -2.36. The molecule has 0 saturated carbocycles. The Morgan fingerprint density at radius 1 is 1.21 bits per heavy atom. The minimum atomic E-state index is -0.396. The van der Waals surface area contributed by atoms with Crippen molar-refractivity contribution in [3.05, 3.63) is 63.9 Å². The standard InChI is InChI=1S/C27H33ClN8O2/c1-15-18(8-9-21(32-15)37-6)24(25-26(38-7)36(5)35-34-25)33-17-10-19-22(31-14-27(2,3)4)16(12-29)13-30-23(19)20(28)11-17/h8-11,13,24,33-35H,14H2,1-7H3,(H,30,31). The summed E-state index contributed by atoms with van der Waals surface area (Å²) in [7, 11) is 5.06. The van der Waals surface area contributed by atoms with Gasteiger partial charge in [0.25, 0.3) is 0 Å². The first kappa shape index (κ1) is 27.1. The van der Waals surface area contributed by atoms with Gasteiger partial charge in [0.1, 0.15) is 17.8 Å². The molecule has 3 aromatic rings. The average molecular weight is 537 g/mol. The lowest BCUT2D eigenvalue weighted by atomic mass is 9.96. The zero-order chi connectivity index (χ0) is 27.6. The predicted molar refractivity (Wildman–Crippen MR) is 149 cm³/mol. The highest BCUT2D eigenvalue weighted by atomic mass is 35.5. The SMILES string of the molecule is COC1=C(C(Nc2cc(Cl)c3ncc(C#N)c(NCC(C)(C)C)c3c2)c2ccc(OC)nc2C)NNN1C. The van der Waals surface area contributed by atoms with E-state index >= 15 is 0 Å². The lowest BCUT2D eigenvalue weighted by molar-refractivity contribution is 0.149. The normalized spacial score (nSPS) is 14.2. The molecular weight excluding hydrogens is 504 g/mol. The first-order valence-corrected chi connectivity index (χ1v) is 12.5. The quantitative estimate of drug-likeness (QED) is 0.318. The van der Waals surface area contributed by atoms with E-state index in [0.29, 0.717) is 40.1 Å². The maximum absolute atomic E-state index is 9.80. The van der Waals surface area contributed by atoms with Crippen molar-refractivity contribution in [1.82, 2.24) is 25.9 Å². The highest BCUT2D eigenvalue weighted by Crippen LogP contribution is 2.37. The molecule has 2 aromatic heterocycles. The van der Waals surface area contributed by atoms with E-state index in [9.17, 15) is 5.26 Å². The molecule has 11 heteroatoms. The van der Waals surface area contributed by atoms with E-state index < -0.39 is 6.04 Å². The molecule has 0 fully saturated rings. The Morgan fingerprint density at radius 2 is 1.97 bits per heavy atom. The third-order valence-electron chi connectivity index (χ3n) is 6.15. The van der Waals surface area contributed by atoms with Gasteiger partial charge in [0.15, 0.2) is 0 Å². The predicted octanol–water partition coefficient (Wildman–Crippen LogP) is 4.85. The number of anilines is 2. The molecule has 38 heavy (non-hydrogen) atoms. The van der Waals surface area contributed by atoms with E-state index in [4.69, 9.17) is 21.1 Å². The Morgan fingerprint density at radius 3 is 2.61 bits per heavy atom. The summed E-state index contributed by atoms with van der Waals surface area (Å²) in [6.07, 6.45) is 1.56. The van der Waals surface area contributed by atoms with Crippen LogP contribution in [0.15, 0.2) is 42.0 Å². The number of hydrogen-bond donors (Lipinski definition) is 4. The minimum absolute atomic E-state index is 0.00214. The van der Waals surface area contributed by atoms with Crippen molar-refractivity contribution in [2.45, 2.75) is 33.7 Å². The van der Waals surface area contributed by atoms with Gasteiger partial charge >= 0.3 is 0 Å². The number of nitriles is 1. The molecule has 0 spiro atoms. The van der Waals surface area contributed by atoms with Crippen molar-refractivity contribution in [1.29, 1.82) is 5.26 Å². The molecule has 0 bridgehead atoms. The second kappa shape index (κ2) is 10.8. The van der Waals surface area contributed by atoms with Crippen LogP contribution in [0.25, 0.3) is 10.9 Å². The number of ether oxygens (including phenoxy) is 2. The van der Waals surface area contributed by atoms with E-state index in [1.807, 2.05) is 38.2 Å². The van der Waals surface area contributed by atoms with Gasteiger partial charge in [0.2, 0.25) is 11.8 Å². The molecule has 200 valence electrons. The molecule has 1 atom stereocenters. The van der Waals surface area contributed by atoms with Crippen LogP contribution in [-0.4, -0.2) is 42.8 Å². The smallest absolute Gasteiger partial charge is 0.228 e. The lowest BCUT2D eigenvalue weighted by Gasteiger charge is -2.24. The number of hydrogen-bond acceptors (Lipinski definition) is 10. The van der Waals surface area contributed by atoms with Gasteiger partial charge < -0.3 is 25.5 Å². The molecule has 0 aliphatic carbocycles. The van der Waals surface area contributed by atoms with Crippen molar-refractivity contribution in [3.63, 3.8) is 0 Å². The molecule has 4 rings (SSSR count). The van der Waals surface area contributed by atoms with E-state index in [0.717, 1.165) is 28.0 Å². The number of methoxy groups -OCH3 is 2. The van der Waals surface area contributed by atoms with Crippen molar-refractivity contribution in [2.75, 3.05) is 38.4 Å². The maximum Gasteiger partial charge on any atom is 0.228 e. The number of halogens is 1. The fourth-order valence-corrected chi connectivity index (χ4v) is 4.55. The van der Waals surface area contributed by atoms with Crippen LogP contribution in [0.4, 0.5) is 11.4 Å². The van der Waals surface area contributed by atoms with Crippen LogP contribution >= 0.6 is 11.6 Å². The molecule has 1 aliphatic rings. The first-order chi connectivity index (χ1) is 18.1. The number of fused-ring (bicyclic) bond motifs is 1. The van der Waals surface area contributed by atoms with Gasteiger partial charge in [-0.15, -0.1) is 5.53 Å². The highest BCUT2D eigenvalue weighted by molar-refractivity contribution is 6.35. The molecule has 0 saturated heterocycles. The Bertz CT molecular complexity index is 1430. The van der Waals surface area contributed by atoms with Crippen molar-refractivity contribution in [3.8, 4) is 11.9 Å². The van der Waals surface area contributed by atoms with Crippen LogP contribution in [0, 0.1) is 23.7 Å². The molecule has 10 nitrogen and oxygen atoms in total. The molecule has 1 aromatic carbocycles. The fourth-order valence-electron chi connectivity index (χ4n) is 4.28. The van der Waals surface area contributed by atoms with Gasteiger partial charge in [-0.05, 0) is 30.5 Å². The molecule has 1 aliphatic heterocycles. The largest absolute Gasteiger partial charge is 0.481 e. The van der Waals surface area contributed by atoms with Crippen molar-refractivity contribution >= 4 is 33.9 Å². The maximum atomic E-state index is 9.80. The number of benzene rings is 1. The summed E-state index contributed by atoms with van der Waals surface area (Å²) < 4.78 is 11.0. The van der Waals surface area contributed by atoms with E-state index in [1.165, 1.54) is 0 Å². The summed E-state index contributed by atoms with van der Waals surface area (Å²) in [6, 6.07) is 9.43. The van der Waals surface area contributed by atoms with Crippen LogP contribution in [0.5, 0.6) is 5.88 Å². The average Bonchev–Trinajstić information content (AvgIpc) is 3.25. The number of nitrogens with one attached hydrogen (secondary N) is 4. The molecule has 1 unspecified atom stereocenters. The second-order valence-electron chi connectivity index (χ2n) is 10.3. The van der Waals surface area contributed by atoms with Gasteiger partial charge in [-0.25, -0.2) is 4.98 Å². The topological polar surface area (TPSA) is 119 Å². The summed E-state index contributed by atoms with van der Waals surface area (Å²) in [5.74, 6) is 1.14. The third-order valence-corrected chi connectivity index (χ3v) is 6.44. The highest BCUT2D eigenvalue weighted by Gasteiger charge is 2.30. The Labute approximate surface area is 227 Å². The molecule has 4 N–H and O–H groups in total. The first-order valence-electron chi connectivity index (χ1n) is 12.1. The van der Waals surface area contributed by atoms with Gasteiger partial charge in [0.05, 0.1) is 36.0 Å². The number of hydrazine groups is 2. The summed E-state index contributed by atoms with van der Waals surface area (Å²) in [5, 5.41) is 19.8. The van der Waals surface area contributed by atoms with Crippen LogP contribution < -0.4 is 26.3 Å². The summed E-state index contributed by atoms with van der Waals surface area (Å²) in [4.78, 5) is 9.05. The molecular formula is C27H33ClN8O2. The summed E-state index contributed by atoms with van der Waals surface area (Å²) in [5.41, 5.74) is 11.2. The van der Waals surface area contributed by atoms with E-state index in [2.05, 4.69) is 58.4 Å². The Kier molecular flexibility index (Phi) is 7.71. The zero-order valence-electron chi connectivity index (χ0n) is 22.7. The molecule has 0 radical (unpaired) electrons. The van der Waals surface area contributed by atoms with Gasteiger partial charge in [-0.3, -0.25) is 9.99 Å².